The first-order valence-corrected chi connectivity index (χ1v) is 8.57. The third-order valence-electron chi connectivity index (χ3n) is 5.46. The zero-order valence-corrected chi connectivity index (χ0v) is 13.6. The molecule has 3 heterocycles. The van der Waals surface area contributed by atoms with E-state index in [-0.39, 0.29) is 24.1 Å². The average molecular weight is 327 g/mol. The smallest absolute Gasteiger partial charge is 0.255 e. The van der Waals surface area contributed by atoms with Gasteiger partial charge in [0.05, 0.1) is 11.0 Å². The standard InChI is InChI=1S/C18H21N3O3/c22-15-11-18(17(24)19-15)7-10-21(12-18)16(23)13-5-1-2-6-14(13)20-8-3-4-9-20/h1-2,5-6H,3-4,7-12H2,(H,19,22,24). The van der Waals surface area contributed by atoms with E-state index in [2.05, 4.69) is 10.2 Å². The summed E-state index contributed by atoms with van der Waals surface area (Å²) < 4.78 is 0. The van der Waals surface area contributed by atoms with Gasteiger partial charge in [-0.1, -0.05) is 12.1 Å². The molecule has 1 spiro atoms. The summed E-state index contributed by atoms with van der Waals surface area (Å²) in [4.78, 5) is 40.7. The molecule has 3 fully saturated rings. The molecule has 1 aromatic rings. The SMILES string of the molecule is O=C1CC2(CCN(C(=O)c3ccccc3N3CCCC3)C2)C(=O)N1. The monoisotopic (exact) mass is 327 g/mol. The van der Waals surface area contributed by atoms with Crippen molar-refractivity contribution in [1.82, 2.24) is 10.2 Å². The molecule has 4 rings (SSSR count). The molecule has 0 aromatic heterocycles. The minimum absolute atomic E-state index is 0.0403. The van der Waals surface area contributed by atoms with Crippen LogP contribution in [0.2, 0.25) is 0 Å². The number of nitrogens with zero attached hydrogens (tertiary/aromatic N) is 2. The molecule has 3 saturated heterocycles. The van der Waals surface area contributed by atoms with Crippen molar-refractivity contribution < 1.29 is 14.4 Å². The molecule has 0 bridgehead atoms. The molecule has 1 N–H and O–H groups in total. The van der Waals surface area contributed by atoms with Gasteiger partial charge in [0.15, 0.2) is 0 Å². The van der Waals surface area contributed by atoms with Crippen molar-refractivity contribution in [2.24, 2.45) is 5.41 Å². The van der Waals surface area contributed by atoms with Crippen molar-refractivity contribution in [3.63, 3.8) is 0 Å². The van der Waals surface area contributed by atoms with Crippen LogP contribution in [0.4, 0.5) is 5.69 Å². The summed E-state index contributed by atoms with van der Waals surface area (Å²) in [5.74, 6) is -0.496. The fourth-order valence-corrected chi connectivity index (χ4v) is 4.13. The fourth-order valence-electron chi connectivity index (χ4n) is 4.13. The number of likely N-dealkylation sites (tertiary alicyclic amines) is 1. The molecular formula is C18H21N3O3. The van der Waals surface area contributed by atoms with Crippen molar-refractivity contribution in [2.75, 3.05) is 31.1 Å². The number of para-hydroxylation sites is 1. The topological polar surface area (TPSA) is 69.7 Å². The summed E-state index contributed by atoms with van der Waals surface area (Å²) in [5, 5.41) is 2.38. The predicted molar refractivity (Wildman–Crippen MR) is 88.6 cm³/mol. The van der Waals surface area contributed by atoms with Crippen LogP contribution in [0.25, 0.3) is 0 Å². The molecule has 1 atom stereocenters. The number of carbonyl (C=O) groups excluding carboxylic acids is 3. The first-order valence-electron chi connectivity index (χ1n) is 8.57. The van der Waals surface area contributed by atoms with Gasteiger partial charge in [0, 0.05) is 38.3 Å². The van der Waals surface area contributed by atoms with E-state index < -0.39 is 5.41 Å². The van der Waals surface area contributed by atoms with E-state index in [1.807, 2.05) is 24.3 Å². The van der Waals surface area contributed by atoms with Gasteiger partial charge in [-0.15, -0.1) is 0 Å². The maximum absolute atomic E-state index is 13.0. The second-order valence-electron chi connectivity index (χ2n) is 7.02. The molecule has 6 heteroatoms. The van der Waals surface area contributed by atoms with Gasteiger partial charge in [0.1, 0.15) is 0 Å². The van der Waals surface area contributed by atoms with Crippen LogP contribution >= 0.6 is 0 Å². The van der Waals surface area contributed by atoms with Crippen molar-refractivity contribution in [2.45, 2.75) is 25.7 Å². The van der Waals surface area contributed by atoms with Gasteiger partial charge in [0.2, 0.25) is 11.8 Å². The first-order chi connectivity index (χ1) is 11.6. The summed E-state index contributed by atoms with van der Waals surface area (Å²) in [7, 11) is 0. The van der Waals surface area contributed by atoms with E-state index in [0.717, 1.165) is 31.6 Å². The Bertz CT molecular complexity index is 711. The van der Waals surface area contributed by atoms with Crippen LogP contribution in [0.15, 0.2) is 24.3 Å². The molecule has 6 nitrogen and oxygen atoms in total. The summed E-state index contributed by atoms with van der Waals surface area (Å²) in [6.45, 7) is 2.81. The molecular weight excluding hydrogens is 306 g/mol. The normalized spacial score (nSPS) is 26.5. The molecule has 126 valence electrons. The molecule has 3 aliphatic rings. The Morgan fingerprint density at radius 3 is 2.54 bits per heavy atom. The van der Waals surface area contributed by atoms with E-state index in [4.69, 9.17) is 0 Å². The average Bonchev–Trinajstić information content (AvgIpc) is 3.29. The van der Waals surface area contributed by atoms with Gasteiger partial charge in [-0.05, 0) is 31.4 Å². The highest BCUT2D eigenvalue weighted by molar-refractivity contribution is 6.07. The van der Waals surface area contributed by atoms with Crippen molar-refractivity contribution in [3.8, 4) is 0 Å². The minimum atomic E-state index is -0.713. The number of carbonyl (C=O) groups is 3. The first kappa shape index (κ1) is 15.2. The van der Waals surface area contributed by atoms with Crippen LogP contribution in [0.3, 0.4) is 0 Å². The maximum Gasteiger partial charge on any atom is 0.255 e. The Balaban J connectivity index is 1.57. The third-order valence-corrected chi connectivity index (χ3v) is 5.46. The second kappa shape index (κ2) is 5.61. The Morgan fingerprint density at radius 2 is 1.83 bits per heavy atom. The molecule has 3 amide bonds. The number of imide groups is 1. The molecule has 24 heavy (non-hydrogen) atoms. The molecule has 1 unspecified atom stereocenters. The third kappa shape index (κ3) is 2.37. The molecule has 0 saturated carbocycles. The van der Waals surface area contributed by atoms with Crippen LogP contribution in [-0.2, 0) is 9.59 Å². The van der Waals surface area contributed by atoms with E-state index in [0.29, 0.717) is 25.1 Å². The van der Waals surface area contributed by atoms with Gasteiger partial charge >= 0.3 is 0 Å². The molecule has 3 aliphatic heterocycles. The minimum Gasteiger partial charge on any atom is -0.371 e. The second-order valence-corrected chi connectivity index (χ2v) is 7.02. The van der Waals surface area contributed by atoms with E-state index >= 15 is 0 Å². The molecule has 0 radical (unpaired) electrons. The zero-order valence-electron chi connectivity index (χ0n) is 13.6. The summed E-state index contributed by atoms with van der Waals surface area (Å²) in [6.07, 6.45) is 3.06. The number of anilines is 1. The Morgan fingerprint density at radius 1 is 1.08 bits per heavy atom. The number of hydrogen-bond donors (Lipinski definition) is 1. The van der Waals surface area contributed by atoms with Crippen LogP contribution in [0.5, 0.6) is 0 Å². The predicted octanol–water partition coefficient (Wildman–Crippen LogP) is 1.17. The highest BCUT2D eigenvalue weighted by Gasteiger charge is 2.52. The summed E-state index contributed by atoms with van der Waals surface area (Å²) in [5.41, 5.74) is 0.962. The number of amides is 3. The lowest BCUT2D eigenvalue weighted by Crippen LogP contribution is -2.37. The van der Waals surface area contributed by atoms with Gasteiger partial charge in [-0.25, -0.2) is 0 Å². The Hall–Kier alpha value is -2.37. The van der Waals surface area contributed by atoms with Crippen molar-refractivity contribution in [3.05, 3.63) is 29.8 Å². The lowest BCUT2D eigenvalue weighted by molar-refractivity contribution is -0.128. The Kier molecular flexibility index (Phi) is 3.55. The van der Waals surface area contributed by atoms with Gasteiger partial charge in [0.25, 0.3) is 5.91 Å². The fraction of sp³-hybridized carbons (Fsp3) is 0.500. The quantitative estimate of drug-likeness (QED) is 0.828. The van der Waals surface area contributed by atoms with Gasteiger partial charge in [-0.3, -0.25) is 19.7 Å². The van der Waals surface area contributed by atoms with Crippen molar-refractivity contribution in [1.29, 1.82) is 0 Å². The van der Waals surface area contributed by atoms with E-state index in [1.165, 1.54) is 0 Å². The van der Waals surface area contributed by atoms with Crippen molar-refractivity contribution >= 4 is 23.4 Å². The Labute approximate surface area is 140 Å². The molecule has 1 aromatic carbocycles. The highest BCUT2D eigenvalue weighted by Crippen LogP contribution is 2.38. The number of nitrogens with one attached hydrogen (secondary N) is 1. The van der Waals surface area contributed by atoms with Crippen LogP contribution in [0.1, 0.15) is 36.0 Å². The number of benzene rings is 1. The lowest BCUT2D eigenvalue weighted by Gasteiger charge is -2.24. The van der Waals surface area contributed by atoms with E-state index in [9.17, 15) is 14.4 Å². The van der Waals surface area contributed by atoms with Crippen LogP contribution in [0, 0.1) is 5.41 Å². The van der Waals surface area contributed by atoms with Gasteiger partial charge in [-0.2, -0.15) is 0 Å². The number of hydrogen-bond acceptors (Lipinski definition) is 4. The summed E-state index contributed by atoms with van der Waals surface area (Å²) >= 11 is 0. The van der Waals surface area contributed by atoms with Crippen LogP contribution < -0.4 is 10.2 Å². The van der Waals surface area contributed by atoms with E-state index in [1.54, 1.807) is 4.90 Å². The summed E-state index contributed by atoms with van der Waals surface area (Å²) in [6, 6.07) is 7.69. The van der Waals surface area contributed by atoms with Gasteiger partial charge < -0.3 is 9.80 Å². The lowest BCUT2D eigenvalue weighted by atomic mass is 9.85. The molecule has 0 aliphatic carbocycles. The largest absolute Gasteiger partial charge is 0.371 e. The van der Waals surface area contributed by atoms with Crippen LogP contribution in [-0.4, -0.2) is 48.8 Å². The highest BCUT2D eigenvalue weighted by atomic mass is 16.2. The number of rotatable bonds is 2. The zero-order chi connectivity index (χ0) is 16.7. The maximum atomic E-state index is 13.0.